The number of hydrogen-bond donors (Lipinski definition) is 1. The average Bonchev–Trinajstić information content (AvgIpc) is 3.08. The molecule has 0 spiro atoms. The van der Waals surface area contributed by atoms with Crippen LogP contribution in [-0.2, 0) is 0 Å². The number of ether oxygens (including phenoxy) is 2. The zero-order valence-corrected chi connectivity index (χ0v) is 16.3. The van der Waals surface area contributed by atoms with E-state index in [1.54, 1.807) is 14.2 Å². The molecule has 3 rings (SSSR count). The summed E-state index contributed by atoms with van der Waals surface area (Å²) in [6.45, 7) is 1.49. The van der Waals surface area contributed by atoms with Crippen LogP contribution in [-0.4, -0.2) is 37.3 Å². The first-order valence-electron chi connectivity index (χ1n) is 7.89. The summed E-state index contributed by atoms with van der Waals surface area (Å²) in [4.78, 5) is 0. The summed E-state index contributed by atoms with van der Waals surface area (Å²) in [6.07, 6.45) is -0.417. The van der Waals surface area contributed by atoms with Crippen LogP contribution in [0.3, 0.4) is 0 Å². The largest absolute Gasteiger partial charge is 0.497 e. The lowest BCUT2D eigenvalue weighted by atomic mass is 10.1. The van der Waals surface area contributed by atoms with Gasteiger partial charge in [-0.3, -0.25) is 5.32 Å². The van der Waals surface area contributed by atoms with Gasteiger partial charge in [0.15, 0.2) is 0 Å². The van der Waals surface area contributed by atoms with E-state index in [2.05, 4.69) is 5.32 Å². The van der Waals surface area contributed by atoms with Gasteiger partial charge in [0.2, 0.25) is 6.17 Å². The van der Waals surface area contributed by atoms with E-state index >= 15 is 0 Å². The van der Waals surface area contributed by atoms with Gasteiger partial charge in [0.1, 0.15) is 29.4 Å². The Morgan fingerprint density at radius 1 is 0.880 bits per heavy atom. The van der Waals surface area contributed by atoms with E-state index in [4.69, 9.17) is 44.3 Å². The Hall–Kier alpha value is -1.17. The van der Waals surface area contributed by atoms with Crippen LogP contribution in [0.2, 0.25) is 0 Å². The van der Waals surface area contributed by atoms with E-state index in [0.717, 1.165) is 36.0 Å². The highest BCUT2D eigenvalue weighted by molar-refractivity contribution is 6.68. The van der Waals surface area contributed by atoms with Crippen LogP contribution in [0.25, 0.3) is 0 Å². The molecule has 1 aliphatic rings. The summed E-state index contributed by atoms with van der Waals surface area (Å²) < 4.78 is 9.47. The number of nitrogens with one attached hydrogen (secondary N) is 1. The Kier molecular flexibility index (Phi) is 5.37. The fourth-order valence-electron chi connectivity index (χ4n) is 3.43. The number of benzene rings is 2. The molecule has 1 unspecified atom stereocenters. The Bertz CT molecular complexity index is 667. The molecule has 0 amide bonds. The van der Waals surface area contributed by atoms with Crippen LogP contribution < -0.4 is 19.3 Å². The highest BCUT2D eigenvalue weighted by Gasteiger charge is 2.55. The van der Waals surface area contributed by atoms with Crippen molar-refractivity contribution in [3.05, 3.63) is 48.5 Å². The molecule has 25 heavy (non-hydrogen) atoms. The molecule has 0 aliphatic carbocycles. The molecule has 2 aromatic rings. The van der Waals surface area contributed by atoms with Crippen LogP contribution in [0.1, 0.15) is 0 Å². The van der Waals surface area contributed by atoms with Gasteiger partial charge in [-0.1, -0.05) is 34.8 Å². The second-order valence-electron chi connectivity index (χ2n) is 5.89. The topological polar surface area (TPSA) is 30.5 Å². The summed E-state index contributed by atoms with van der Waals surface area (Å²) in [5, 5.41) is 3.36. The van der Waals surface area contributed by atoms with E-state index in [1.807, 2.05) is 48.5 Å². The number of nitrogens with zero attached hydrogens (tertiary/aromatic N) is 1. The predicted octanol–water partition coefficient (Wildman–Crippen LogP) is 4.64. The van der Waals surface area contributed by atoms with Crippen molar-refractivity contribution in [2.75, 3.05) is 27.3 Å². The van der Waals surface area contributed by atoms with Gasteiger partial charge in [0.25, 0.3) is 3.79 Å². The molecule has 0 bridgehead atoms. The quantitative estimate of drug-likeness (QED) is 0.597. The number of alkyl halides is 3. The van der Waals surface area contributed by atoms with Gasteiger partial charge >= 0.3 is 0 Å². The monoisotopic (exact) mass is 401 g/mol. The lowest BCUT2D eigenvalue weighted by Gasteiger charge is -2.41. The number of methoxy groups -OCH3 is 2. The summed E-state index contributed by atoms with van der Waals surface area (Å²) in [7, 11) is 3.29. The molecule has 1 aliphatic heterocycles. The molecule has 1 atom stereocenters. The molecule has 0 saturated carbocycles. The SMILES string of the molecule is COc1ccc([N+]2(c3ccc(OC)cc3)CCNC2C(Cl)(Cl)Cl)cc1. The maximum atomic E-state index is 6.34. The highest BCUT2D eigenvalue weighted by atomic mass is 35.6. The molecule has 1 N–H and O–H groups in total. The lowest BCUT2D eigenvalue weighted by Crippen LogP contribution is -2.58. The minimum Gasteiger partial charge on any atom is -0.497 e. The van der Waals surface area contributed by atoms with Crippen molar-refractivity contribution in [2.45, 2.75) is 9.96 Å². The summed E-state index contributed by atoms with van der Waals surface area (Å²) >= 11 is 19.0. The van der Waals surface area contributed by atoms with Gasteiger partial charge < -0.3 is 9.47 Å². The zero-order chi connectivity index (χ0) is 18.1. The number of hydrogen-bond acceptors (Lipinski definition) is 3. The highest BCUT2D eigenvalue weighted by Crippen LogP contribution is 2.47. The minimum atomic E-state index is -1.48. The molecule has 7 heteroatoms. The maximum Gasteiger partial charge on any atom is 0.257 e. The Morgan fingerprint density at radius 2 is 1.32 bits per heavy atom. The zero-order valence-electron chi connectivity index (χ0n) is 14.0. The fourth-order valence-corrected chi connectivity index (χ4v) is 4.16. The standard InChI is InChI=1S/C18H20Cl3N2O2/c1-24-15-7-3-13(4-8-15)23(12-11-22-17(23)18(19,20)21)14-5-9-16(25-2)10-6-14/h3-10,17,22H,11-12H2,1-2H3/q+1. The van der Waals surface area contributed by atoms with Crippen LogP contribution in [0.4, 0.5) is 11.4 Å². The predicted molar refractivity (Wildman–Crippen MR) is 104 cm³/mol. The Labute approximate surface area is 162 Å². The third-order valence-electron chi connectivity index (χ3n) is 4.62. The van der Waals surface area contributed by atoms with Gasteiger partial charge in [-0.05, 0) is 24.3 Å². The second kappa shape index (κ2) is 7.22. The van der Waals surface area contributed by atoms with Crippen LogP contribution in [0, 0.1) is 0 Å². The normalized spacial score (nSPS) is 19.6. The van der Waals surface area contributed by atoms with Crippen molar-refractivity contribution in [3.63, 3.8) is 0 Å². The molecule has 4 nitrogen and oxygen atoms in total. The molecule has 1 fully saturated rings. The first kappa shape index (κ1) is 18.6. The van der Waals surface area contributed by atoms with Crippen LogP contribution >= 0.6 is 34.8 Å². The minimum absolute atomic E-state index is 0.393. The number of quaternary nitrogens is 1. The first-order chi connectivity index (χ1) is 11.9. The average molecular weight is 403 g/mol. The molecular weight excluding hydrogens is 383 g/mol. The molecular formula is C18H20Cl3N2O2+. The summed E-state index contributed by atoms with van der Waals surface area (Å²) in [5.74, 6) is 1.57. The third kappa shape index (κ3) is 3.42. The molecule has 2 aromatic carbocycles. The second-order valence-corrected chi connectivity index (χ2v) is 8.26. The van der Waals surface area contributed by atoms with E-state index in [1.165, 1.54) is 0 Å². The first-order valence-corrected chi connectivity index (χ1v) is 9.02. The van der Waals surface area contributed by atoms with Gasteiger partial charge in [-0.2, -0.15) is 0 Å². The Balaban J connectivity index is 2.16. The third-order valence-corrected chi connectivity index (χ3v) is 5.24. The smallest absolute Gasteiger partial charge is 0.257 e. The van der Waals surface area contributed by atoms with E-state index in [-0.39, 0.29) is 0 Å². The van der Waals surface area contributed by atoms with Crippen LogP contribution in [0.15, 0.2) is 48.5 Å². The lowest BCUT2D eigenvalue weighted by molar-refractivity contribution is 0.338. The molecule has 1 saturated heterocycles. The van der Waals surface area contributed by atoms with Crippen molar-refractivity contribution < 1.29 is 9.47 Å². The van der Waals surface area contributed by atoms with Crippen molar-refractivity contribution in [1.29, 1.82) is 0 Å². The fraction of sp³-hybridized carbons (Fsp3) is 0.333. The summed E-state index contributed by atoms with van der Waals surface area (Å²) in [5.41, 5.74) is 2.04. The maximum absolute atomic E-state index is 6.34. The van der Waals surface area contributed by atoms with Gasteiger partial charge in [0.05, 0.1) is 20.8 Å². The van der Waals surface area contributed by atoms with Crippen molar-refractivity contribution >= 4 is 46.2 Å². The van der Waals surface area contributed by atoms with Gasteiger partial charge in [-0.25, -0.2) is 4.48 Å². The molecule has 1 heterocycles. The molecule has 134 valence electrons. The molecule has 0 radical (unpaired) electrons. The van der Waals surface area contributed by atoms with Crippen LogP contribution in [0.5, 0.6) is 11.5 Å². The number of rotatable bonds is 4. The van der Waals surface area contributed by atoms with Crippen molar-refractivity contribution in [3.8, 4) is 11.5 Å². The van der Waals surface area contributed by atoms with Crippen molar-refractivity contribution in [2.24, 2.45) is 0 Å². The molecule has 0 aromatic heterocycles. The number of halogens is 3. The Morgan fingerprint density at radius 3 is 1.68 bits per heavy atom. The summed E-state index contributed by atoms with van der Waals surface area (Å²) in [6, 6.07) is 15.7. The van der Waals surface area contributed by atoms with E-state index in [0.29, 0.717) is 4.48 Å². The van der Waals surface area contributed by atoms with Gasteiger partial charge in [-0.15, -0.1) is 0 Å². The van der Waals surface area contributed by atoms with E-state index in [9.17, 15) is 0 Å². The van der Waals surface area contributed by atoms with E-state index < -0.39 is 9.96 Å². The van der Waals surface area contributed by atoms with Crippen molar-refractivity contribution in [1.82, 2.24) is 9.80 Å². The van der Waals surface area contributed by atoms with Gasteiger partial charge in [0, 0.05) is 24.3 Å².